The summed E-state index contributed by atoms with van der Waals surface area (Å²) in [5.41, 5.74) is 0. The minimum atomic E-state index is -0.262. The third-order valence-electron chi connectivity index (χ3n) is 5.22. The van der Waals surface area contributed by atoms with E-state index in [-0.39, 0.29) is 12.1 Å². The lowest BCUT2D eigenvalue weighted by Crippen LogP contribution is -2.50. The standard InChI is InChI=1S/C16H29N3O2/c1-2-21-16(20)18-15(12-5-6-12)11-17-13-7-9-19-8-3-4-14(19)10-13/h12-15,17H,2-11H2,1H3,(H,18,20)/t13-,14-,15+/m0/s1. The van der Waals surface area contributed by atoms with Crippen LogP contribution in [-0.4, -0.2) is 55.4 Å². The van der Waals surface area contributed by atoms with Gasteiger partial charge in [-0.25, -0.2) is 4.79 Å². The van der Waals surface area contributed by atoms with Crippen LogP contribution in [0, 0.1) is 5.92 Å². The first-order chi connectivity index (χ1) is 10.3. The molecule has 5 heteroatoms. The second-order valence-corrected chi connectivity index (χ2v) is 6.77. The summed E-state index contributed by atoms with van der Waals surface area (Å²) in [7, 11) is 0. The molecule has 1 aliphatic carbocycles. The predicted octanol–water partition coefficient (Wildman–Crippen LogP) is 1.73. The Bertz CT molecular complexity index is 359. The van der Waals surface area contributed by atoms with Gasteiger partial charge in [-0.15, -0.1) is 0 Å². The summed E-state index contributed by atoms with van der Waals surface area (Å²) < 4.78 is 5.01. The normalized spacial score (nSPS) is 30.7. The number of hydrogen-bond donors (Lipinski definition) is 2. The van der Waals surface area contributed by atoms with E-state index < -0.39 is 0 Å². The van der Waals surface area contributed by atoms with E-state index in [1.807, 2.05) is 6.92 Å². The van der Waals surface area contributed by atoms with E-state index >= 15 is 0 Å². The minimum absolute atomic E-state index is 0.241. The molecule has 0 radical (unpaired) electrons. The second-order valence-electron chi connectivity index (χ2n) is 6.77. The molecule has 2 heterocycles. The molecule has 3 atom stereocenters. The van der Waals surface area contributed by atoms with Crippen LogP contribution in [0.2, 0.25) is 0 Å². The van der Waals surface area contributed by atoms with Gasteiger partial charge in [-0.05, 0) is 64.5 Å². The van der Waals surface area contributed by atoms with Gasteiger partial charge in [0.2, 0.25) is 0 Å². The number of alkyl carbamates (subject to hydrolysis) is 1. The Kier molecular flexibility index (Phi) is 5.01. The van der Waals surface area contributed by atoms with Crippen molar-refractivity contribution >= 4 is 6.09 Å². The molecule has 0 spiro atoms. The van der Waals surface area contributed by atoms with Gasteiger partial charge in [-0.2, -0.15) is 0 Å². The summed E-state index contributed by atoms with van der Waals surface area (Å²) in [6.07, 6.45) is 7.46. The van der Waals surface area contributed by atoms with Crippen molar-refractivity contribution in [2.24, 2.45) is 5.92 Å². The van der Waals surface area contributed by atoms with Gasteiger partial charge in [0.25, 0.3) is 0 Å². The van der Waals surface area contributed by atoms with Crippen molar-refractivity contribution in [3.8, 4) is 0 Å². The zero-order valence-corrected chi connectivity index (χ0v) is 13.1. The maximum atomic E-state index is 11.6. The van der Waals surface area contributed by atoms with Crippen LogP contribution in [-0.2, 0) is 4.74 Å². The monoisotopic (exact) mass is 295 g/mol. The lowest BCUT2D eigenvalue weighted by atomic mass is 9.97. The smallest absolute Gasteiger partial charge is 0.407 e. The first kappa shape index (κ1) is 15.1. The van der Waals surface area contributed by atoms with E-state index in [2.05, 4.69) is 15.5 Å². The number of carbonyl (C=O) groups excluding carboxylic acids is 1. The van der Waals surface area contributed by atoms with Gasteiger partial charge in [-0.1, -0.05) is 0 Å². The number of nitrogens with one attached hydrogen (secondary N) is 2. The maximum Gasteiger partial charge on any atom is 0.407 e. The van der Waals surface area contributed by atoms with Gasteiger partial charge in [0.1, 0.15) is 0 Å². The summed E-state index contributed by atoms with van der Waals surface area (Å²) in [6.45, 7) is 5.71. The van der Waals surface area contributed by atoms with Crippen LogP contribution < -0.4 is 10.6 Å². The highest BCUT2D eigenvalue weighted by atomic mass is 16.5. The van der Waals surface area contributed by atoms with Gasteiger partial charge in [0.05, 0.1) is 6.61 Å². The fourth-order valence-corrected chi connectivity index (χ4v) is 3.86. The average Bonchev–Trinajstić information content (AvgIpc) is 3.21. The quantitative estimate of drug-likeness (QED) is 0.783. The number of amides is 1. The minimum Gasteiger partial charge on any atom is -0.450 e. The van der Waals surface area contributed by atoms with Gasteiger partial charge in [-0.3, -0.25) is 0 Å². The molecule has 2 aliphatic heterocycles. The fraction of sp³-hybridized carbons (Fsp3) is 0.938. The molecule has 1 amide bonds. The van der Waals surface area contributed by atoms with Crippen LogP contribution >= 0.6 is 0 Å². The first-order valence-corrected chi connectivity index (χ1v) is 8.67. The number of piperidine rings is 1. The second kappa shape index (κ2) is 6.97. The van der Waals surface area contributed by atoms with E-state index in [1.54, 1.807) is 0 Å². The zero-order valence-electron chi connectivity index (χ0n) is 13.1. The summed E-state index contributed by atoms with van der Waals surface area (Å²) in [6, 6.07) is 1.66. The van der Waals surface area contributed by atoms with Crippen molar-refractivity contribution in [2.75, 3.05) is 26.2 Å². The molecule has 0 aromatic carbocycles. The molecule has 0 aromatic heterocycles. The van der Waals surface area contributed by atoms with Gasteiger partial charge in [0.15, 0.2) is 0 Å². The number of fused-ring (bicyclic) bond motifs is 1. The van der Waals surface area contributed by atoms with Crippen molar-refractivity contribution in [2.45, 2.75) is 63.6 Å². The molecule has 3 fully saturated rings. The van der Waals surface area contributed by atoms with Gasteiger partial charge >= 0.3 is 6.09 Å². The number of nitrogens with zero attached hydrogens (tertiary/aromatic N) is 1. The molecule has 5 nitrogen and oxygen atoms in total. The number of rotatable bonds is 6. The topological polar surface area (TPSA) is 53.6 Å². The molecule has 21 heavy (non-hydrogen) atoms. The first-order valence-electron chi connectivity index (χ1n) is 8.67. The molecule has 1 saturated carbocycles. The summed E-state index contributed by atoms with van der Waals surface area (Å²) in [4.78, 5) is 14.3. The van der Waals surface area contributed by atoms with Crippen LogP contribution in [0.3, 0.4) is 0 Å². The van der Waals surface area contributed by atoms with Crippen molar-refractivity contribution in [1.29, 1.82) is 0 Å². The molecule has 120 valence electrons. The van der Waals surface area contributed by atoms with Crippen molar-refractivity contribution in [3.63, 3.8) is 0 Å². The Morgan fingerprint density at radius 2 is 2.14 bits per heavy atom. The SMILES string of the molecule is CCOC(=O)N[C@H](CN[C@H]1CCN2CCC[C@H]2C1)C1CC1. The Balaban J connectivity index is 1.42. The maximum absolute atomic E-state index is 11.6. The highest BCUT2D eigenvalue weighted by molar-refractivity contribution is 5.67. The van der Waals surface area contributed by atoms with Gasteiger partial charge < -0.3 is 20.3 Å². The lowest BCUT2D eigenvalue weighted by molar-refractivity contribution is 0.143. The highest BCUT2D eigenvalue weighted by Gasteiger charge is 2.35. The van der Waals surface area contributed by atoms with Crippen LogP contribution in [0.4, 0.5) is 4.79 Å². The molecular formula is C16H29N3O2. The molecule has 2 saturated heterocycles. The van der Waals surface area contributed by atoms with Crippen molar-refractivity contribution in [3.05, 3.63) is 0 Å². The van der Waals surface area contributed by atoms with E-state index in [1.165, 1.54) is 51.6 Å². The molecular weight excluding hydrogens is 266 g/mol. The van der Waals surface area contributed by atoms with Gasteiger partial charge in [0, 0.05) is 24.7 Å². The Morgan fingerprint density at radius 3 is 2.90 bits per heavy atom. The third kappa shape index (κ3) is 4.10. The van der Waals surface area contributed by atoms with Crippen LogP contribution in [0.15, 0.2) is 0 Å². The third-order valence-corrected chi connectivity index (χ3v) is 5.22. The van der Waals surface area contributed by atoms with Crippen LogP contribution in [0.1, 0.15) is 45.4 Å². The molecule has 2 N–H and O–H groups in total. The average molecular weight is 295 g/mol. The van der Waals surface area contributed by atoms with E-state index in [9.17, 15) is 4.79 Å². The zero-order chi connectivity index (χ0) is 14.7. The van der Waals surface area contributed by atoms with E-state index in [4.69, 9.17) is 4.74 Å². The molecule has 0 unspecified atom stereocenters. The molecule has 3 rings (SSSR count). The number of ether oxygens (including phenoxy) is 1. The molecule has 0 aromatic rings. The Morgan fingerprint density at radius 1 is 1.29 bits per heavy atom. The Labute approximate surface area is 127 Å². The summed E-state index contributed by atoms with van der Waals surface area (Å²) in [5.74, 6) is 0.647. The summed E-state index contributed by atoms with van der Waals surface area (Å²) >= 11 is 0. The van der Waals surface area contributed by atoms with Crippen molar-refractivity contribution in [1.82, 2.24) is 15.5 Å². The predicted molar refractivity (Wildman–Crippen MR) is 82.3 cm³/mol. The Hall–Kier alpha value is -0.810. The fourth-order valence-electron chi connectivity index (χ4n) is 3.86. The van der Waals surface area contributed by atoms with E-state index in [0.29, 0.717) is 18.6 Å². The van der Waals surface area contributed by atoms with Crippen molar-refractivity contribution < 1.29 is 9.53 Å². The van der Waals surface area contributed by atoms with E-state index in [0.717, 1.165) is 12.6 Å². The summed E-state index contributed by atoms with van der Waals surface area (Å²) in [5, 5.41) is 6.74. The van der Waals surface area contributed by atoms with Crippen LogP contribution in [0.25, 0.3) is 0 Å². The number of hydrogen-bond acceptors (Lipinski definition) is 4. The largest absolute Gasteiger partial charge is 0.450 e. The number of carbonyl (C=O) groups is 1. The molecule has 3 aliphatic rings. The van der Waals surface area contributed by atoms with Crippen LogP contribution in [0.5, 0.6) is 0 Å². The lowest BCUT2D eigenvalue weighted by Gasteiger charge is -2.36. The highest BCUT2D eigenvalue weighted by Crippen LogP contribution is 2.33. The molecule has 0 bridgehead atoms.